The number of hydrazone groups is 1. The van der Waals surface area contributed by atoms with E-state index in [-0.39, 0.29) is 12.3 Å². The van der Waals surface area contributed by atoms with Gasteiger partial charge in [-0.2, -0.15) is 5.10 Å². The lowest BCUT2D eigenvalue weighted by Crippen LogP contribution is -2.41. The zero-order chi connectivity index (χ0) is 22.9. The van der Waals surface area contributed by atoms with E-state index in [2.05, 4.69) is 15.3 Å². The van der Waals surface area contributed by atoms with Crippen molar-refractivity contribution in [1.82, 2.24) is 19.7 Å². The van der Waals surface area contributed by atoms with Crippen molar-refractivity contribution in [3.05, 3.63) is 63.0 Å². The fourth-order valence-corrected chi connectivity index (χ4v) is 5.46. The Morgan fingerprint density at radius 3 is 2.79 bits per heavy atom. The molecule has 0 unspecified atom stereocenters. The first kappa shape index (κ1) is 21.7. The Labute approximate surface area is 199 Å². The number of aryl methyl sites for hydroxylation is 1. The van der Waals surface area contributed by atoms with Crippen molar-refractivity contribution in [2.24, 2.45) is 15.9 Å². The summed E-state index contributed by atoms with van der Waals surface area (Å²) in [5.41, 5.74) is 3.00. The molecule has 0 saturated carbocycles. The summed E-state index contributed by atoms with van der Waals surface area (Å²) in [7, 11) is 0. The van der Waals surface area contributed by atoms with Gasteiger partial charge < -0.3 is 15.5 Å². The quantitative estimate of drug-likeness (QED) is 0.348. The van der Waals surface area contributed by atoms with E-state index in [1.165, 1.54) is 11.3 Å². The molecular formula is C22H22ClN7O2S. The van der Waals surface area contributed by atoms with Gasteiger partial charge in [0.15, 0.2) is 5.82 Å². The maximum atomic E-state index is 12.9. The highest BCUT2D eigenvalue weighted by atomic mass is 35.5. The summed E-state index contributed by atoms with van der Waals surface area (Å²) in [5.74, 6) is 7.23. The van der Waals surface area contributed by atoms with Gasteiger partial charge in [-0.25, -0.2) is 0 Å². The first-order chi connectivity index (χ1) is 16.1. The standard InChI is InChI=1S/C22H22ClN7O2S/c1-13-27-28-19-12-25-21(14-4-2-3-5-16(14)23)15-10-18(33-22(15)30(13)19)17(26-24)11-20(31)29-6-8-32-9-7-29/h2-5,10H,6-9,11-12,24H2,1H3/b26-17-. The number of nitrogens with zero attached hydrogens (tertiary/aromatic N) is 6. The molecule has 5 rings (SSSR count). The van der Waals surface area contributed by atoms with Crippen molar-refractivity contribution in [2.45, 2.75) is 19.9 Å². The van der Waals surface area contributed by atoms with Gasteiger partial charge in [-0.3, -0.25) is 14.4 Å². The van der Waals surface area contributed by atoms with Crippen molar-refractivity contribution in [1.29, 1.82) is 0 Å². The third-order valence-corrected chi connectivity index (χ3v) is 7.19. The number of fused-ring (bicyclic) bond motifs is 3. The largest absolute Gasteiger partial charge is 0.378 e. The van der Waals surface area contributed by atoms with E-state index in [9.17, 15) is 4.79 Å². The third-order valence-electron chi connectivity index (χ3n) is 5.69. The van der Waals surface area contributed by atoms with E-state index in [0.717, 1.165) is 38.4 Å². The Balaban J connectivity index is 1.57. The third kappa shape index (κ3) is 4.05. The van der Waals surface area contributed by atoms with Gasteiger partial charge in [0, 0.05) is 29.2 Å². The molecule has 33 heavy (non-hydrogen) atoms. The minimum Gasteiger partial charge on any atom is -0.378 e. The van der Waals surface area contributed by atoms with Gasteiger partial charge >= 0.3 is 0 Å². The molecule has 3 aromatic rings. The number of hydrogen-bond acceptors (Lipinski definition) is 8. The molecule has 0 bridgehead atoms. The van der Waals surface area contributed by atoms with Gasteiger partial charge in [0.05, 0.1) is 35.9 Å². The lowest BCUT2D eigenvalue weighted by atomic mass is 10.0. The second-order valence-corrected chi connectivity index (χ2v) is 9.16. The zero-order valence-corrected chi connectivity index (χ0v) is 19.6. The van der Waals surface area contributed by atoms with Crippen LogP contribution in [0.5, 0.6) is 0 Å². The molecule has 0 radical (unpaired) electrons. The average molecular weight is 484 g/mol. The van der Waals surface area contributed by atoms with Crippen molar-refractivity contribution >= 4 is 40.3 Å². The van der Waals surface area contributed by atoms with Crippen LogP contribution < -0.4 is 5.84 Å². The van der Waals surface area contributed by atoms with E-state index < -0.39 is 0 Å². The molecule has 11 heteroatoms. The van der Waals surface area contributed by atoms with E-state index in [1.807, 2.05) is 41.8 Å². The summed E-state index contributed by atoms with van der Waals surface area (Å²) < 4.78 is 7.34. The first-order valence-corrected chi connectivity index (χ1v) is 11.7. The van der Waals surface area contributed by atoms with Crippen LogP contribution in [-0.4, -0.2) is 63.3 Å². The minimum atomic E-state index is -0.0211. The molecule has 1 aromatic carbocycles. The first-order valence-electron chi connectivity index (χ1n) is 10.5. The summed E-state index contributed by atoms with van der Waals surface area (Å²) in [6, 6.07) is 9.59. The van der Waals surface area contributed by atoms with E-state index in [4.69, 9.17) is 27.2 Å². The van der Waals surface area contributed by atoms with E-state index in [0.29, 0.717) is 43.6 Å². The van der Waals surface area contributed by atoms with Crippen LogP contribution in [0.2, 0.25) is 5.02 Å². The number of aromatic nitrogens is 3. The second kappa shape index (κ2) is 9.05. The Morgan fingerprint density at radius 1 is 1.24 bits per heavy atom. The molecule has 1 fully saturated rings. The number of nitrogens with two attached hydrogens (primary N) is 1. The number of hydrogen-bond donors (Lipinski definition) is 1. The van der Waals surface area contributed by atoms with Crippen LogP contribution in [0.3, 0.4) is 0 Å². The monoisotopic (exact) mass is 483 g/mol. The van der Waals surface area contributed by atoms with Gasteiger partial charge in [-0.15, -0.1) is 21.5 Å². The number of ether oxygens (including phenoxy) is 1. The highest BCUT2D eigenvalue weighted by molar-refractivity contribution is 7.17. The highest BCUT2D eigenvalue weighted by Gasteiger charge is 2.28. The van der Waals surface area contributed by atoms with Crippen molar-refractivity contribution in [3.8, 4) is 5.00 Å². The van der Waals surface area contributed by atoms with Gasteiger partial charge in [0.25, 0.3) is 0 Å². The van der Waals surface area contributed by atoms with Crippen LogP contribution in [0.1, 0.15) is 34.1 Å². The fourth-order valence-electron chi connectivity index (χ4n) is 4.01. The normalized spacial score (nSPS) is 16.1. The summed E-state index contributed by atoms with van der Waals surface area (Å²) >= 11 is 8.02. The molecule has 0 aliphatic carbocycles. The lowest BCUT2D eigenvalue weighted by Gasteiger charge is -2.26. The number of carbonyl (C=O) groups excluding carboxylic acids is 1. The summed E-state index contributed by atoms with van der Waals surface area (Å²) in [4.78, 5) is 20.3. The molecular weight excluding hydrogens is 462 g/mol. The van der Waals surface area contributed by atoms with E-state index in [1.54, 1.807) is 4.90 Å². The van der Waals surface area contributed by atoms with Crippen LogP contribution in [0.25, 0.3) is 5.00 Å². The molecule has 4 heterocycles. The molecule has 2 N–H and O–H groups in total. The van der Waals surface area contributed by atoms with Crippen molar-refractivity contribution in [2.75, 3.05) is 26.3 Å². The van der Waals surface area contributed by atoms with Crippen LogP contribution in [-0.2, 0) is 16.1 Å². The number of carbonyl (C=O) groups is 1. The lowest BCUT2D eigenvalue weighted by molar-refractivity contribution is -0.133. The molecule has 9 nitrogen and oxygen atoms in total. The molecule has 1 amide bonds. The summed E-state index contributed by atoms with van der Waals surface area (Å²) in [6.45, 7) is 4.52. The predicted octanol–water partition coefficient (Wildman–Crippen LogP) is 2.55. The number of morpholine rings is 1. The molecule has 2 aliphatic rings. The van der Waals surface area contributed by atoms with E-state index >= 15 is 0 Å². The Morgan fingerprint density at radius 2 is 2.03 bits per heavy atom. The highest BCUT2D eigenvalue weighted by Crippen LogP contribution is 2.35. The Kier molecular flexibility index (Phi) is 5.96. The van der Waals surface area contributed by atoms with Gasteiger partial charge in [-0.1, -0.05) is 29.8 Å². The van der Waals surface area contributed by atoms with Gasteiger partial charge in [0.1, 0.15) is 17.4 Å². The maximum absolute atomic E-state index is 12.9. The van der Waals surface area contributed by atoms with Gasteiger partial charge in [-0.05, 0) is 19.1 Å². The van der Waals surface area contributed by atoms with Crippen molar-refractivity contribution < 1.29 is 9.53 Å². The smallest absolute Gasteiger partial charge is 0.228 e. The van der Waals surface area contributed by atoms with Crippen LogP contribution in [0, 0.1) is 6.92 Å². The molecule has 170 valence electrons. The maximum Gasteiger partial charge on any atom is 0.228 e. The number of amides is 1. The number of benzene rings is 1. The molecule has 0 atom stereocenters. The Hall–Kier alpha value is -3.08. The molecule has 2 aliphatic heterocycles. The molecule has 1 saturated heterocycles. The fraction of sp³-hybridized carbons (Fsp3) is 0.318. The van der Waals surface area contributed by atoms with Gasteiger partial charge in [0.2, 0.25) is 5.91 Å². The molecule has 2 aromatic heterocycles. The average Bonchev–Trinajstić information content (AvgIpc) is 3.38. The number of rotatable bonds is 4. The zero-order valence-electron chi connectivity index (χ0n) is 18.0. The van der Waals surface area contributed by atoms with Crippen LogP contribution in [0.4, 0.5) is 0 Å². The predicted molar refractivity (Wildman–Crippen MR) is 128 cm³/mol. The summed E-state index contributed by atoms with van der Waals surface area (Å²) in [5, 5.41) is 14.0. The number of aliphatic imine (C=N–C) groups is 1. The second-order valence-electron chi connectivity index (χ2n) is 7.72. The topological polar surface area (TPSA) is 111 Å². The van der Waals surface area contributed by atoms with Crippen molar-refractivity contribution in [3.63, 3.8) is 0 Å². The van der Waals surface area contributed by atoms with Crippen LogP contribution >= 0.6 is 22.9 Å². The Bertz CT molecular complexity index is 1270. The minimum absolute atomic E-state index is 0.0211. The molecule has 0 spiro atoms. The number of halogens is 1. The number of thiophene rings is 1. The SMILES string of the molecule is Cc1nnc2n1-c1sc(/C(CC(=O)N3CCOCC3)=N\N)cc1C(c1ccccc1Cl)=NC2. The summed E-state index contributed by atoms with van der Waals surface area (Å²) in [6.07, 6.45) is 0.114. The van der Waals surface area contributed by atoms with Crippen LogP contribution in [0.15, 0.2) is 40.4 Å².